The zero-order valence-corrected chi connectivity index (χ0v) is 17.2. The second-order valence-electron chi connectivity index (χ2n) is 8.29. The lowest BCUT2D eigenvalue weighted by Crippen LogP contribution is -2.36. The number of β-amino-alcohol motifs (C(OH)–C–C–N with tert-alkyl or cyclic N) is 1. The van der Waals surface area contributed by atoms with Gasteiger partial charge in [-0.05, 0) is 49.1 Å². The van der Waals surface area contributed by atoms with Crippen LogP contribution in [0.15, 0.2) is 54.6 Å². The number of hydrogen-bond donors (Lipinski definition) is 1. The van der Waals surface area contributed by atoms with Crippen LogP contribution in [0.2, 0.25) is 0 Å². The van der Waals surface area contributed by atoms with Crippen molar-refractivity contribution in [2.24, 2.45) is 0 Å². The number of likely N-dealkylation sites (N-methyl/N-ethyl adjacent to an activating group) is 1. The van der Waals surface area contributed by atoms with Crippen molar-refractivity contribution in [2.45, 2.75) is 31.4 Å². The van der Waals surface area contributed by atoms with Crippen molar-refractivity contribution in [3.05, 3.63) is 65.7 Å². The number of anilines is 1. The summed E-state index contributed by atoms with van der Waals surface area (Å²) in [6, 6.07) is 18.7. The summed E-state index contributed by atoms with van der Waals surface area (Å²) in [7, 11) is 2.11. The molecular formula is C24H31N3O2. The smallest absolute Gasteiger partial charge is 0.253 e. The van der Waals surface area contributed by atoms with E-state index in [1.54, 1.807) is 0 Å². The Kier molecular flexibility index (Phi) is 6.16. The highest BCUT2D eigenvalue weighted by molar-refractivity contribution is 5.94. The molecule has 154 valence electrons. The Morgan fingerprint density at radius 2 is 1.76 bits per heavy atom. The number of rotatable bonds is 6. The third-order valence-electron chi connectivity index (χ3n) is 6.25. The summed E-state index contributed by atoms with van der Waals surface area (Å²) in [6.07, 6.45) is 2.85. The van der Waals surface area contributed by atoms with Gasteiger partial charge in [0, 0.05) is 51.0 Å². The van der Waals surface area contributed by atoms with E-state index in [9.17, 15) is 9.90 Å². The molecule has 2 aliphatic heterocycles. The summed E-state index contributed by atoms with van der Waals surface area (Å²) in [6.45, 7) is 4.28. The topological polar surface area (TPSA) is 47.0 Å². The molecule has 0 aromatic heterocycles. The van der Waals surface area contributed by atoms with E-state index in [0.717, 1.165) is 63.2 Å². The molecule has 1 N–H and O–H groups in total. The van der Waals surface area contributed by atoms with E-state index in [-0.39, 0.29) is 18.1 Å². The monoisotopic (exact) mass is 393 g/mol. The molecule has 0 bridgehead atoms. The van der Waals surface area contributed by atoms with Crippen molar-refractivity contribution in [3.63, 3.8) is 0 Å². The van der Waals surface area contributed by atoms with Crippen LogP contribution in [0.4, 0.5) is 5.69 Å². The van der Waals surface area contributed by atoms with Crippen molar-refractivity contribution in [1.82, 2.24) is 9.80 Å². The van der Waals surface area contributed by atoms with E-state index in [2.05, 4.69) is 53.2 Å². The maximum atomic E-state index is 12.6. The lowest BCUT2D eigenvalue weighted by atomic mass is 10.0. The normalized spacial score (nSPS) is 20.8. The molecule has 2 fully saturated rings. The van der Waals surface area contributed by atoms with Gasteiger partial charge in [0.15, 0.2) is 0 Å². The van der Waals surface area contributed by atoms with E-state index in [4.69, 9.17) is 0 Å². The van der Waals surface area contributed by atoms with E-state index in [0.29, 0.717) is 0 Å². The van der Waals surface area contributed by atoms with Crippen molar-refractivity contribution >= 4 is 11.6 Å². The molecule has 5 nitrogen and oxygen atoms in total. The average molecular weight is 394 g/mol. The highest BCUT2D eigenvalue weighted by Gasteiger charge is 2.26. The summed E-state index contributed by atoms with van der Waals surface area (Å²) in [5.74, 6) is 0.141. The molecule has 2 aliphatic rings. The maximum Gasteiger partial charge on any atom is 0.253 e. The Balaban J connectivity index is 1.52. The van der Waals surface area contributed by atoms with Crippen molar-refractivity contribution in [3.8, 4) is 0 Å². The molecule has 2 aromatic rings. The van der Waals surface area contributed by atoms with Gasteiger partial charge in [0.25, 0.3) is 5.91 Å². The highest BCUT2D eigenvalue weighted by atomic mass is 16.3. The number of nitrogens with zero attached hydrogens (tertiary/aromatic N) is 3. The minimum absolute atomic E-state index is 0.141. The summed E-state index contributed by atoms with van der Waals surface area (Å²) in [5.41, 5.74) is 3.12. The number of carbonyl (C=O) groups is 1. The van der Waals surface area contributed by atoms with E-state index in [1.807, 2.05) is 23.1 Å². The summed E-state index contributed by atoms with van der Waals surface area (Å²) >= 11 is 0. The van der Waals surface area contributed by atoms with Crippen LogP contribution in [0.5, 0.6) is 0 Å². The van der Waals surface area contributed by atoms with Crippen molar-refractivity contribution in [1.29, 1.82) is 0 Å². The first kappa shape index (κ1) is 19.9. The van der Waals surface area contributed by atoms with Crippen molar-refractivity contribution < 1.29 is 9.90 Å². The summed E-state index contributed by atoms with van der Waals surface area (Å²) in [5, 5.41) is 9.92. The van der Waals surface area contributed by atoms with Gasteiger partial charge in [-0.25, -0.2) is 0 Å². The molecule has 0 saturated carbocycles. The second kappa shape index (κ2) is 8.97. The predicted molar refractivity (Wildman–Crippen MR) is 116 cm³/mol. The predicted octanol–water partition coefficient (Wildman–Crippen LogP) is 3.17. The quantitative estimate of drug-likeness (QED) is 0.819. The van der Waals surface area contributed by atoms with Gasteiger partial charge in [0.2, 0.25) is 0 Å². The number of amides is 1. The molecule has 2 saturated heterocycles. The van der Waals surface area contributed by atoms with Gasteiger partial charge >= 0.3 is 0 Å². The molecular weight excluding hydrogens is 362 g/mol. The molecule has 4 rings (SSSR count). The van der Waals surface area contributed by atoms with Crippen LogP contribution >= 0.6 is 0 Å². The molecule has 5 heteroatoms. The van der Waals surface area contributed by atoms with Crippen LogP contribution in [-0.2, 0) is 0 Å². The maximum absolute atomic E-state index is 12.6. The first-order valence-electron chi connectivity index (χ1n) is 10.7. The number of aliphatic hydroxyl groups excluding tert-OH is 1. The van der Waals surface area contributed by atoms with Crippen LogP contribution in [-0.4, -0.2) is 66.7 Å². The molecule has 0 spiro atoms. The average Bonchev–Trinajstić information content (AvgIpc) is 3.44. The fourth-order valence-electron chi connectivity index (χ4n) is 4.47. The number of aliphatic hydroxyl groups is 1. The molecule has 2 aromatic carbocycles. The van der Waals surface area contributed by atoms with Crippen LogP contribution in [0, 0.1) is 0 Å². The lowest BCUT2D eigenvalue weighted by molar-refractivity contribution is 0.0793. The zero-order valence-electron chi connectivity index (χ0n) is 17.2. The van der Waals surface area contributed by atoms with Crippen LogP contribution < -0.4 is 4.90 Å². The Morgan fingerprint density at radius 3 is 2.38 bits per heavy atom. The number of likely N-dealkylation sites (tertiary alicyclic amines) is 2. The number of benzene rings is 2. The van der Waals surface area contributed by atoms with Gasteiger partial charge in [0.1, 0.15) is 0 Å². The Labute approximate surface area is 173 Å². The molecule has 2 unspecified atom stereocenters. The fraction of sp³-hybridized carbons (Fsp3) is 0.458. The van der Waals surface area contributed by atoms with Crippen LogP contribution in [0.1, 0.15) is 41.2 Å². The third-order valence-corrected chi connectivity index (χ3v) is 6.25. The molecule has 0 radical (unpaired) electrons. The van der Waals surface area contributed by atoms with Crippen molar-refractivity contribution in [2.75, 3.05) is 44.7 Å². The van der Waals surface area contributed by atoms with Gasteiger partial charge in [-0.2, -0.15) is 0 Å². The van der Waals surface area contributed by atoms with Gasteiger partial charge < -0.3 is 14.9 Å². The Hall–Kier alpha value is -2.37. The number of carbonyl (C=O) groups excluding carboxylic acids is 1. The second-order valence-corrected chi connectivity index (χ2v) is 8.29. The minimum atomic E-state index is -0.215. The molecule has 2 atom stereocenters. The lowest BCUT2D eigenvalue weighted by Gasteiger charge is -2.33. The Bertz CT molecular complexity index is 803. The van der Waals surface area contributed by atoms with Gasteiger partial charge in [0.05, 0.1) is 12.1 Å². The third kappa shape index (κ3) is 4.62. The van der Waals surface area contributed by atoms with Gasteiger partial charge in [-0.15, -0.1) is 0 Å². The zero-order chi connectivity index (χ0) is 20.2. The summed E-state index contributed by atoms with van der Waals surface area (Å²) in [4.78, 5) is 19.2. The molecule has 1 amide bonds. The van der Waals surface area contributed by atoms with Crippen LogP contribution in [0.25, 0.3) is 0 Å². The highest BCUT2D eigenvalue weighted by Crippen LogP contribution is 2.28. The minimum Gasteiger partial charge on any atom is -0.392 e. The van der Waals surface area contributed by atoms with E-state index in [1.165, 1.54) is 5.56 Å². The van der Waals surface area contributed by atoms with E-state index >= 15 is 0 Å². The first-order chi connectivity index (χ1) is 14.1. The SMILES string of the molecule is CN(c1ccc(C(=O)N2CCCC2)cc1)C(CN1CCC(O)C1)c1ccccc1. The fourth-order valence-corrected chi connectivity index (χ4v) is 4.47. The van der Waals surface area contributed by atoms with Gasteiger partial charge in [-0.3, -0.25) is 9.69 Å². The van der Waals surface area contributed by atoms with E-state index < -0.39 is 0 Å². The number of hydrogen-bond acceptors (Lipinski definition) is 4. The van der Waals surface area contributed by atoms with Gasteiger partial charge in [-0.1, -0.05) is 30.3 Å². The molecule has 0 aliphatic carbocycles. The Morgan fingerprint density at radius 1 is 1.07 bits per heavy atom. The molecule has 29 heavy (non-hydrogen) atoms. The standard InChI is InChI=1S/C24H31N3O2/c1-25(21-11-9-20(10-12-21)24(29)27-14-5-6-15-27)23(19-7-3-2-4-8-19)18-26-16-13-22(28)17-26/h2-4,7-12,22-23,28H,5-6,13-18H2,1H3. The summed E-state index contributed by atoms with van der Waals surface area (Å²) < 4.78 is 0. The largest absolute Gasteiger partial charge is 0.392 e. The first-order valence-corrected chi connectivity index (χ1v) is 10.7. The molecule has 2 heterocycles. The van der Waals surface area contributed by atoms with Crippen LogP contribution in [0.3, 0.4) is 0 Å².